The normalized spacial score (nSPS) is 21.2. The molecule has 0 radical (unpaired) electrons. The van der Waals surface area contributed by atoms with Crippen LogP contribution in [0, 0.1) is 5.41 Å². The number of hydroxylamine groups is 1. The third-order valence-corrected chi connectivity index (χ3v) is 8.48. The van der Waals surface area contributed by atoms with Gasteiger partial charge in [-0.25, -0.2) is 10.3 Å². The van der Waals surface area contributed by atoms with Gasteiger partial charge in [0.15, 0.2) is 0 Å². The highest BCUT2D eigenvalue weighted by atomic mass is 35.5. The Hall–Kier alpha value is -1.52. The van der Waals surface area contributed by atoms with Crippen LogP contribution in [0.4, 0.5) is 4.79 Å². The van der Waals surface area contributed by atoms with Gasteiger partial charge in [-0.05, 0) is 56.1 Å². The third-order valence-electron chi connectivity index (χ3n) is 6.72. The van der Waals surface area contributed by atoms with Crippen LogP contribution < -0.4 is 5.48 Å². The van der Waals surface area contributed by atoms with Gasteiger partial charge in [-0.2, -0.15) is 0 Å². The molecule has 3 heterocycles. The molecule has 1 aromatic carbocycles. The molecule has 8 nitrogen and oxygen atoms in total. The van der Waals surface area contributed by atoms with Gasteiger partial charge in [0.1, 0.15) is 0 Å². The Labute approximate surface area is 204 Å². The fourth-order valence-electron chi connectivity index (χ4n) is 4.51. The smallest absolute Gasteiger partial charge is 0.407 e. The van der Waals surface area contributed by atoms with E-state index in [1.165, 1.54) is 23.3 Å². The maximum absolute atomic E-state index is 12.3. The van der Waals surface area contributed by atoms with Gasteiger partial charge in [0, 0.05) is 50.2 Å². The van der Waals surface area contributed by atoms with Gasteiger partial charge in [0.2, 0.25) is 0 Å². The Bertz CT molecular complexity index is 772. The number of amides is 2. The van der Waals surface area contributed by atoms with E-state index < -0.39 is 17.4 Å². The lowest BCUT2D eigenvalue weighted by Gasteiger charge is -2.40. The summed E-state index contributed by atoms with van der Waals surface area (Å²) >= 11 is 7.95. The fraction of sp³-hybridized carbons (Fsp3) is 0.652. The lowest BCUT2D eigenvalue weighted by atomic mass is 9.79. The molecule has 0 atom stereocenters. The second kappa shape index (κ2) is 12.8. The highest BCUT2D eigenvalue weighted by Gasteiger charge is 2.43. The van der Waals surface area contributed by atoms with Gasteiger partial charge >= 0.3 is 6.09 Å². The second-order valence-electron chi connectivity index (χ2n) is 8.81. The number of carbonyl (C=O) groups excluding carboxylic acids is 1. The molecule has 0 saturated carbocycles. The van der Waals surface area contributed by atoms with Crippen LogP contribution in [0.1, 0.15) is 50.0 Å². The predicted molar refractivity (Wildman–Crippen MR) is 129 cm³/mol. The van der Waals surface area contributed by atoms with E-state index in [1.807, 2.05) is 18.2 Å². The zero-order valence-corrected chi connectivity index (χ0v) is 20.5. The van der Waals surface area contributed by atoms with E-state index >= 15 is 0 Å². The molecule has 33 heavy (non-hydrogen) atoms. The van der Waals surface area contributed by atoms with Crippen LogP contribution in [0.15, 0.2) is 24.3 Å². The van der Waals surface area contributed by atoms with Crippen LogP contribution in [-0.4, -0.2) is 76.7 Å². The first-order chi connectivity index (χ1) is 15.9. The van der Waals surface area contributed by atoms with Gasteiger partial charge in [0.25, 0.3) is 5.91 Å². The molecule has 184 valence electrons. The summed E-state index contributed by atoms with van der Waals surface area (Å²) in [5, 5.41) is 19.1. The predicted octanol–water partition coefficient (Wildman–Crippen LogP) is 4.23. The van der Waals surface area contributed by atoms with E-state index in [2.05, 4.69) is 10.4 Å². The van der Waals surface area contributed by atoms with Gasteiger partial charge in [-0.3, -0.25) is 14.3 Å². The van der Waals surface area contributed by atoms with E-state index in [0.29, 0.717) is 37.6 Å². The molecule has 0 aliphatic carbocycles. The van der Waals surface area contributed by atoms with Crippen molar-refractivity contribution < 1.29 is 24.6 Å². The summed E-state index contributed by atoms with van der Waals surface area (Å²) in [5.41, 5.74) is 2.25. The number of hydrogen-bond acceptors (Lipinski definition) is 6. The molecule has 4 rings (SSSR count). The lowest BCUT2D eigenvalue weighted by Crippen LogP contribution is -2.51. The largest absolute Gasteiger partial charge is 0.465 e. The number of rotatable bonds is 5. The number of likely N-dealkylation sites (tertiary alicyclic amines) is 1. The van der Waals surface area contributed by atoms with E-state index in [4.69, 9.17) is 21.4 Å². The first-order valence-corrected chi connectivity index (χ1v) is 12.9. The van der Waals surface area contributed by atoms with Crippen LogP contribution >= 0.6 is 23.5 Å². The number of carbonyl (C=O) groups is 2. The summed E-state index contributed by atoms with van der Waals surface area (Å²) in [4.78, 5) is 24.8. The van der Waals surface area contributed by atoms with Crippen LogP contribution in [0.3, 0.4) is 0 Å². The lowest BCUT2D eigenvalue weighted by molar-refractivity contribution is -0.141. The molecule has 3 N–H and O–H groups in total. The van der Waals surface area contributed by atoms with Crippen molar-refractivity contribution >= 4 is 35.5 Å². The molecule has 3 saturated heterocycles. The molecule has 2 amide bonds. The van der Waals surface area contributed by atoms with Gasteiger partial charge in [-0.1, -0.05) is 41.7 Å². The molecular formula is C23H34ClN3O5S. The summed E-state index contributed by atoms with van der Waals surface area (Å²) in [6.07, 6.45) is 4.42. The maximum atomic E-state index is 12.3. The van der Waals surface area contributed by atoms with Crippen LogP contribution in [0.2, 0.25) is 5.02 Å². The third kappa shape index (κ3) is 7.23. The Morgan fingerprint density at radius 1 is 1.12 bits per heavy atom. The molecule has 3 aliphatic rings. The fourth-order valence-corrected chi connectivity index (χ4v) is 6.12. The molecule has 0 unspecified atom stereocenters. The van der Waals surface area contributed by atoms with Gasteiger partial charge < -0.3 is 14.7 Å². The van der Waals surface area contributed by atoms with E-state index in [-0.39, 0.29) is 0 Å². The number of ether oxygens (including phenoxy) is 1. The highest BCUT2D eigenvalue weighted by Crippen LogP contribution is 2.39. The topological polar surface area (TPSA) is 102 Å². The van der Waals surface area contributed by atoms with Crippen molar-refractivity contribution in [2.24, 2.45) is 5.41 Å². The van der Waals surface area contributed by atoms with Crippen molar-refractivity contribution in [2.45, 2.75) is 44.4 Å². The van der Waals surface area contributed by atoms with Crippen LogP contribution in [0.5, 0.6) is 0 Å². The molecule has 0 spiro atoms. The second-order valence-corrected chi connectivity index (χ2v) is 10.3. The zero-order valence-electron chi connectivity index (χ0n) is 18.9. The first-order valence-electron chi connectivity index (χ1n) is 11.6. The number of nitrogens with one attached hydrogen (secondary N) is 1. The molecule has 0 aromatic heterocycles. The number of carboxylic acid groups (broad SMARTS) is 1. The Balaban J connectivity index is 0.000000541. The van der Waals surface area contributed by atoms with Crippen molar-refractivity contribution in [3.63, 3.8) is 0 Å². The number of halogens is 1. The molecule has 1 aromatic rings. The van der Waals surface area contributed by atoms with Crippen molar-refractivity contribution in [1.82, 2.24) is 14.7 Å². The Morgan fingerprint density at radius 3 is 2.27 bits per heavy atom. The summed E-state index contributed by atoms with van der Waals surface area (Å²) in [7, 11) is 0. The number of benzene rings is 1. The number of piperidine rings is 2. The molecule has 3 aliphatic heterocycles. The maximum Gasteiger partial charge on any atom is 0.407 e. The highest BCUT2D eigenvalue weighted by molar-refractivity contribution is 7.97. The van der Waals surface area contributed by atoms with Crippen LogP contribution in [0.25, 0.3) is 0 Å². The van der Waals surface area contributed by atoms with Gasteiger partial charge in [-0.15, -0.1) is 0 Å². The summed E-state index contributed by atoms with van der Waals surface area (Å²) in [6, 6.07) is 7.98. The standard InChI is InChI=1S/C19H26ClN3O4S.C4H8O/c20-16-4-2-1-3-15(16)14-5-9-23(10-6-14)28-13-19(17(24)21-27)7-11-22(12-8-19)18(25)26;1-2-4-5-3-1/h1-4,14,27H,5-13H2,(H,21,24)(H,25,26);1-4H2. The van der Waals surface area contributed by atoms with E-state index in [1.54, 1.807) is 17.4 Å². The summed E-state index contributed by atoms with van der Waals surface area (Å²) in [5.74, 6) is 0.555. The molecule has 10 heteroatoms. The Morgan fingerprint density at radius 2 is 1.76 bits per heavy atom. The minimum Gasteiger partial charge on any atom is -0.465 e. The minimum absolute atomic E-state index is 0.303. The van der Waals surface area contributed by atoms with Crippen molar-refractivity contribution in [2.75, 3.05) is 45.1 Å². The van der Waals surface area contributed by atoms with Crippen molar-refractivity contribution in [3.8, 4) is 0 Å². The van der Waals surface area contributed by atoms with Crippen LogP contribution in [-0.2, 0) is 9.53 Å². The van der Waals surface area contributed by atoms with E-state index in [0.717, 1.165) is 44.2 Å². The molecule has 0 bridgehead atoms. The quantitative estimate of drug-likeness (QED) is 0.316. The average molecular weight is 500 g/mol. The number of hydrogen-bond donors (Lipinski definition) is 3. The van der Waals surface area contributed by atoms with Crippen molar-refractivity contribution in [3.05, 3.63) is 34.9 Å². The van der Waals surface area contributed by atoms with E-state index in [9.17, 15) is 14.8 Å². The molecule has 3 fully saturated rings. The van der Waals surface area contributed by atoms with Gasteiger partial charge in [0.05, 0.1) is 5.41 Å². The Kier molecular flexibility index (Phi) is 10.1. The number of nitrogens with zero attached hydrogens (tertiary/aromatic N) is 2. The molecular weight excluding hydrogens is 466 g/mol. The monoisotopic (exact) mass is 499 g/mol. The zero-order chi connectivity index (χ0) is 23.7. The van der Waals surface area contributed by atoms with Crippen molar-refractivity contribution in [1.29, 1.82) is 0 Å². The SMILES string of the molecule is C1CCOC1.O=C(O)N1CCC(CSN2CCC(c3ccccc3Cl)CC2)(C(=O)NO)CC1. The summed E-state index contributed by atoms with van der Waals surface area (Å²) in [6.45, 7) is 4.41. The average Bonchev–Trinajstić information content (AvgIpc) is 3.44. The summed E-state index contributed by atoms with van der Waals surface area (Å²) < 4.78 is 7.21. The first kappa shape index (κ1) is 26.1. The minimum atomic E-state index is -0.965.